The van der Waals surface area contributed by atoms with E-state index in [9.17, 15) is 9.59 Å². The number of hydrogen-bond acceptors (Lipinski definition) is 4. The Balaban J connectivity index is 1.68. The zero-order valence-electron chi connectivity index (χ0n) is 18.9. The van der Waals surface area contributed by atoms with Crippen molar-refractivity contribution in [2.45, 2.75) is 33.4 Å². The lowest BCUT2D eigenvalue weighted by Gasteiger charge is -2.25. The fourth-order valence-electron chi connectivity index (χ4n) is 4.45. The van der Waals surface area contributed by atoms with Crippen LogP contribution >= 0.6 is 0 Å². The number of ether oxygens (including phenoxy) is 1. The van der Waals surface area contributed by atoms with Gasteiger partial charge < -0.3 is 14.1 Å². The molecule has 1 aromatic heterocycles. The van der Waals surface area contributed by atoms with E-state index in [1.165, 1.54) is 0 Å². The molecule has 0 spiro atoms. The number of fused-ring (bicyclic) bond motifs is 2. The molecule has 166 valence electrons. The highest BCUT2D eigenvalue weighted by Crippen LogP contribution is 2.39. The van der Waals surface area contributed by atoms with Gasteiger partial charge in [-0.25, -0.2) is 0 Å². The van der Waals surface area contributed by atoms with Crippen LogP contribution in [0.1, 0.15) is 51.3 Å². The molecule has 0 saturated carbocycles. The Labute approximate surface area is 192 Å². The third-order valence-electron chi connectivity index (χ3n) is 6.10. The molecule has 33 heavy (non-hydrogen) atoms. The standard InChI is InChI=1S/C28H25NO4/c1-4-32-21-12-10-20(11-13-21)25-24-26(30)22-15-18(3)7-14-23(22)33-27(24)28(31)29(25)16-19-8-5-17(2)6-9-19/h5-15,25H,4,16H2,1-3H3. The summed E-state index contributed by atoms with van der Waals surface area (Å²) in [6.07, 6.45) is 0. The summed E-state index contributed by atoms with van der Waals surface area (Å²) in [4.78, 5) is 28.9. The van der Waals surface area contributed by atoms with Crippen LogP contribution in [-0.2, 0) is 6.54 Å². The number of nitrogens with zero attached hydrogens (tertiary/aromatic N) is 1. The number of carbonyl (C=O) groups excluding carboxylic acids is 1. The van der Waals surface area contributed by atoms with Crippen molar-refractivity contribution in [2.75, 3.05) is 6.61 Å². The maximum atomic E-state index is 13.7. The molecule has 1 amide bonds. The lowest BCUT2D eigenvalue weighted by atomic mass is 9.97. The van der Waals surface area contributed by atoms with Crippen LogP contribution in [0.3, 0.4) is 0 Å². The lowest BCUT2D eigenvalue weighted by Crippen LogP contribution is -2.29. The number of amides is 1. The fourth-order valence-corrected chi connectivity index (χ4v) is 4.45. The second kappa shape index (κ2) is 8.24. The summed E-state index contributed by atoms with van der Waals surface area (Å²) in [7, 11) is 0. The van der Waals surface area contributed by atoms with Crippen LogP contribution in [0.25, 0.3) is 11.0 Å². The van der Waals surface area contributed by atoms with Crippen molar-refractivity contribution in [1.29, 1.82) is 0 Å². The third kappa shape index (κ3) is 3.69. The topological polar surface area (TPSA) is 59.8 Å². The van der Waals surface area contributed by atoms with E-state index in [4.69, 9.17) is 9.15 Å². The van der Waals surface area contributed by atoms with Gasteiger partial charge in [-0.2, -0.15) is 0 Å². The van der Waals surface area contributed by atoms with Crippen molar-refractivity contribution in [2.24, 2.45) is 0 Å². The molecule has 0 aliphatic carbocycles. The Morgan fingerprint density at radius 2 is 1.61 bits per heavy atom. The first-order chi connectivity index (χ1) is 16.0. The average Bonchev–Trinajstić information content (AvgIpc) is 3.08. The number of benzene rings is 3. The second-order valence-corrected chi connectivity index (χ2v) is 8.50. The molecule has 5 rings (SSSR count). The SMILES string of the molecule is CCOc1ccc(C2c3c(oc4ccc(C)cc4c3=O)C(=O)N2Cc2ccc(C)cc2)cc1. The molecule has 1 atom stereocenters. The molecule has 0 fully saturated rings. The molecule has 0 saturated heterocycles. The van der Waals surface area contributed by atoms with Crippen molar-refractivity contribution < 1.29 is 13.9 Å². The number of hydrogen-bond donors (Lipinski definition) is 0. The van der Waals surface area contributed by atoms with Crippen LogP contribution in [0.15, 0.2) is 75.9 Å². The molecular weight excluding hydrogens is 414 g/mol. The number of rotatable bonds is 5. The largest absolute Gasteiger partial charge is 0.494 e. The monoisotopic (exact) mass is 439 g/mol. The van der Waals surface area contributed by atoms with Gasteiger partial charge >= 0.3 is 0 Å². The Kier molecular flexibility index (Phi) is 5.25. The summed E-state index contributed by atoms with van der Waals surface area (Å²) >= 11 is 0. The van der Waals surface area contributed by atoms with Gasteiger partial charge in [-0.05, 0) is 56.2 Å². The van der Waals surface area contributed by atoms with E-state index >= 15 is 0 Å². The predicted molar refractivity (Wildman–Crippen MR) is 128 cm³/mol. The summed E-state index contributed by atoms with van der Waals surface area (Å²) in [5.41, 5.74) is 4.62. The van der Waals surface area contributed by atoms with Crippen molar-refractivity contribution in [1.82, 2.24) is 4.90 Å². The first kappa shape index (κ1) is 21.0. The first-order valence-corrected chi connectivity index (χ1v) is 11.1. The summed E-state index contributed by atoms with van der Waals surface area (Å²) in [6, 6.07) is 20.6. The number of aryl methyl sites for hydroxylation is 2. The summed E-state index contributed by atoms with van der Waals surface area (Å²) in [5.74, 6) is 0.600. The Bertz CT molecular complexity index is 1400. The molecule has 3 aromatic carbocycles. The van der Waals surface area contributed by atoms with Gasteiger partial charge in [-0.1, -0.05) is 53.6 Å². The summed E-state index contributed by atoms with van der Waals surface area (Å²) in [5, 5.41) is 0.495. The molecule has 5 heteroatoms. The van der Waals surface area contributed by atoms with Crippen LogP contribution in [0.4, 0.5) is 0 Å². The quantitative estimate of drug-likeness (QED) is 0.409. The van der Waals surface area contributed by atoms with Gasteiger partial charge in [0.1, 0.15) is 11.3 Å². The molecule has 0 radical (unpaired) electrons. The van der Waals surface area contributed by atoms with Crippen LogP contribution in [0, 0.1) is 13.8 Å². The van der Waals surface area contributed by atoms with Crippen molar-refractivity contribution in [3.8, 4) is 5.75 Å². The number of carbonyl (C=O) groups is 1. The van der Waals surface area contributed by atoms with Gasteiger partial charge in [0.15, 0.2) is 5.43 Å². The van der Waals surface area contributed by atoms with Gasteiger partial charge in [0.25, 0.3) is 5.91 Å². The van der Waals surface area contributed by atoms with Gasteiger partial charge in [-0.15, -0.1) is 0 Å². The van der Waals surface area contributed by atoms with Crippen molar-refractivity contribution >= 4 is 16.9 Å². The summed E-state index contributed by atoms with van der Waals surface area (Å²) < 4.78 is 11.6. The van der Waals surface area contributed by atoms with Crippen LogP contribution in [0.2, 0.25) is 0 Å². The molecule has 1 aliphatic heterocycles. The van der Waals surface area contributed by atoms with Crippen molar-refractivity contribution in [3.63, 3.8) is 0 Å². The highest BCUT2D eigenvalue weighted by molar-refractivity contribution is 5.99. The van der Waals surface area contributed by atoms with E-state index in [2.05, 4.69) is 0 Å². The zero-order chi connectivity index (χ0) is 23.1. The van der Waals surface area contributed by atoms with Gasteiger partial charge in [0.05, 0.1) is 23.6 Å². The van der Waals surface area contributed by atoms with Gasteiger partial charge in [0, 0.05) is 6.54 Å². The average molecular weight is 440 g/mol. The molecule has 2 heterocycles. The minimum Gasteiger partial charge on any atom is -0.494 e. The highest BCUT2D eigenvalue weighted by Gasteiger charge is 2.42. The summed E-state index contributed by atoms with van der Waals surface area (Å²) in [6.45, 7) is 6.83. The van der Waals surface area contributed by atoms with Gasteiger partial charge in [0.2, 0.25) is 5.76 Å². The minimum atomic E-state index is -0.536. The van der Waals surface area contributed by atoms with Crippen LogP contribution < -0.4 is 10.2 Å². The van der Waals surface area contributed by atoms with Gasteiger partial charge in [-0.3, -0.25) is 9.59 Å². The Morgan fingerprint density at radius 3 is 2.30 bits per heavy atom. The first-order valence-electron chi connectivity index (χ1n) is 11.1. The maximum Gasteiger partial charge on any atom is 0.291 e. The molecule has 5 nitrogen and oxygen atoms in total. The molecule has 0 bridgehead atoms. The van der Waals surface area contributed by atoms with E-state index in [-0.39, 0.29) is 17.1 Å². The normalized spacial score (nSPS) is 15.2. The van der Waals surface area contributed by atoms with Crippen LogP contribution in [0.5, 0.6) is 5.75 Å². The van der Waals surface area contributed by atoms with E-state index in [0.29, 0.717) is 29.7 Å². The molecule has 0 N–H and O–H groups in total. The second-order valence-electron chi connectivity index (χ2n) is 8.50. The zero-order valence-corrected chi connectivity index (χ0v) is 18.9. The molecular formula is C28H25NO4. The van der Waals surface area contributed by atoms with Crippen molar-refractivity contribution in [3.05, 3.63) is 111 Å². The minimum absolute atomic E-state index is 0.127. The fraction of sp³-hybridized carbons (Fsp3) is 0.214. The third-order valence-corrected chi connectivity index (χ3v) is 6.10. The van der Waals surface area contributed by atoms with E-state index in [1.807, 2.05) is 81.4 Å². The highest BCUT2D eigenvalue weighted by atomic mass is 16.5. The molecule has 4 aromatic rings. The van der Waals surface area contributed by atoms with E-state index in [0.717, 1.165) is 28.0 Å². The maximum absolute atomic E-state index is 13.7. The Hall–Kier alpha value is -3.86. The van der Waals surface area contributed by atoms with E-state index in [1.54, 1.807) is 11.0 Å². The van der Waals surface area contributed by atoms with Crippen LogP contribution in [-0.4, -0.2) is 17.4 Å². The molecule has 1 aliphatic rings. The van der Waals surface area contributed by atoms with E-state index < -0.39 is 6.04 Å². The smallest absolute Gasteiger partial charge is 0.291 e. The predicted octanol–water partition coefficient (Wildman–Crippen LogP) is 5.55. The Morgan fingerprint density at radius 1 is 0.909 bits per heavy atom. The lowest BCUT2D eigenvalue weighted by molar-refractivity contribution is 0.0714. The molecule has 1 unspecified atom stereocenters.